The normalized spacial score (nSPS) is 22.1. The number of aliphatic hydroxyl groups is 1. The van der Waals surface area contributed by atoms with Crippen LogP contribution in [0, 0.1) is 6.92 Å². The maximum atomic E-state index is 10.3. The van der Waals surface area contributed by atoms with Gasteiger partial charge >= 0.3 is 0 Å². The van der Waals surface area contributed by atoms with Crippen molar-refractivity contribution in [2.24, 2.45) is 0 Å². The number of hydrogen-bond donors (Lipinski definition) is 2. The molecular weight excluding hydrogens is 214 g/mol. The Morgan fingerprint density at radius 2 is 2.35 bits per heavy atom. The first-order valence-electron chi connectivity index (χ1n) is 6.16. The molecule has 0 spiro atoms. The van der Waals surface area contributed by atoms with Crippen molar-refractivity contribution in [2.75, 3.05) is 6.54 Å². The summed E-state index contributed by atoms with van der Waals surface area (Å²) in [4.78, 5) is 0. The van der Waals surface area contributed by atoms with E-state index in [0.29, 0.717) is 5.76 Å². The minimum atomic E-state index is -0.538. The van der Waals surface area contributed by atoms with Crippen LogP contribution in [0.4, 0.5) is 0 Å². The molecule has 1 saturated heterocycles. The lowest BCUT2D eigenvalue weighted by Crippen LogP contribution is -2.28. The number of fused-ring (bicyclic) bond motifs is 1. The summed E-state index contributed by atoms with van der Waals surface area (Å²) in [5.74, 6) is 0.675. The Labute approximate surface area is 100 Å². The molecular formula is C14H17NO2. The van der Waals surface area contributed by atoms with Gasteiger partial charge in [0.15, 0.2) is 0 Å². The lowest BCUT2D eigenvalue weighted by molar-refractivity contribution is 0.115. The molecule has 2 heterocycles. The number of aryl methyl sites for hydroxylation is 1. The average molecular weight is 231 g/mol. The van der Waals surface area contributed by atoms with Crippen LogP contribution < -0.4 is 5.32 Å². The molecule has 1 aliphatic rings. The van der Waals surface area contributed by atoms with Gasteiger partial charge in [-0.1, -0.05) is 18.2 Å². The van der Waals surface area contributed by atoms with Gasteiger partial charge in [0.2, 0.25) is 0 Å². The molecule has 0 amide bonds. The summed E-state index contributed by atoms with van der Waals surface area (Å²) in [5.41, 5.74) is 2.00. The average Bonchev–Trinajstić information content (AvgIpc) is 2.98. The maximum Gasteiger partial charge on any atom is 0.137 e. The predicted molar refractivity (Wildman–Crippen MR) is 66.9 cm³/mol. The molecule has 3 rings (SSSR count). The summed E-state index contributed by atoms with van der Waals surface area (Å²) in [7, 11) is 0. The summed E-state index contributed by atoms with van der Waals surface area (Å²) in [5, 5.41) is 14.6. The van der Waals surface area contributed by atoms with Gasteiger partial charge in [0.1, 0.15) is 17.4 Å². The fourth-order valence-corrected chi connectivity index (χ4v) is 2.55. The molecule has 2 N–H and O–H groups in total. The lowest BCUT2D eigenvalue weighted by Gasteiger charge is -2.15. The Bertz CT molecular complexity index is 526. The van der Waals surface area contributed by atoms with Crippen molar-refractivity contribution in [1.82, 2.24) is 5.32 Å². The number of rotatable bonds is 2. The number of aliphatic hydroxyl groups excluding tert-OH is 1. The van der Waals surface area contributed by atoms with Gasteiger partial charge in [-0.2, -0.15) is 0 Å². The van der Waals surface area contributed by atoms with E-state index in [1.54, 1.807) is 0 Å². The highest BCUT2D eigenvalue weighted by atomic mass is 16.4. The van der Waals surface area contributed by atoms with Crippen molar-refractivity contribution in [3.05, 3.63) is 35.6 Å². The fourth-order valence-electron chi connectivity index (χ4n) is 2.55. The maximum absolute atomic E-state index is 10.3. The topological polar surface area (TPSA) is 45.4 Å². The fraction of sp³-hybridized carbons (Fsp3) is 0.429. The summed E-state index contributed by atoms with van der Waals surface area (Å²) in [6.45, 7) is 3.01. The van der Waals surface area contributed by atoms with Gasteiger partial charge in [0.05, 0.1) is 0 Å². The standard InChI is InChI=1S/C14H17NO2/c1-9-4-2-5-10-8-12(17-14(9)10)13(16)11-6-3-7-15-11/h2,4-5,8,11,13,15-16H,3,6-7H2,1H3. The van der Waals surface area contributed by atoms with E-state index in [1.807, 2.05) is 31.2 Å². The van der Waals surface area contributed by atoms with E-state index in [1.165, 1.54) is 0 Å². The zero-order chi connectivity index (χ0) is 11.8. The third-order valence-electron chi connectivity index (χ3n) is 3.53. The molecule has 0 radical (unpaired) electrons. The molecule has 3 nitrogen and oxygen atoms in total. The first-order chi connectivity index (χ1) is 8.25. The highest BCUT2D eigenvalue weighted by Gasteiger charge is 2.26. The van der Waals surface area contributed by atoms with E-state index >= 15 is 0 Å². The SMILES string of the molecule is Cc1cccc2cc(C(O)C3CCCN3)oc12. The quantitative estimate of drug-likeness (QED) is 0.834. The van der Waals surface area contributed by atoms with Crippen molar-refractivity contribution < 1.29 is 9.52 Å². The Balaban J connectivity index is 1.97. The van der Waals surface area contributed by atoms with E-state index in [9.17, 15) is 5.11 Å². The molecule has 1 fully saturated rings. The largest absolute Gasteiger partial charge is 0.458 e. The van der Waals surface area contributed by atoms with Crippen LogP contribution in [0.1, 0.15) is 30.3 Å². The minimum absolute atomic E-state index is 0.135. The van der Waals surface area contributed by atoms with Crippen LogP contribution in [0.25, 0.3) is 11.0 Å². The number of furan rings is 1. The van der Waals surface area contributed by atoms with E-state index < -0.39 is 6.10 Å². The molecule has 3 heteroatoms. The monoisotopic (exact) mass is 231 g/mol. The molecule has 1 aliphatic heterocycles. The van der Waals surface area contributed by atoms with Gasteiger partial charge in [-0.15, -0.1) is 0 Å². The van der Waals surface area contributed by atoms with Gasteiger partial charge in [-0.25, -0.2) is 0 Å². The molecule has 1 aromatic carbocycles. The minimum Gasteiger partial charge on any atom is -0.458 e. The third kappa shape index (κ3) is 1.85. The van der Waals surface area contributed by atoms with Crippen LogP contribution in [0.15, 0.2) is 28.7 Å². The van der Waals surface area contributed by atoms with E-state index in [-0.39, 0.29) is 6.04 Å². The summed E-state index contributed by atoms with van der Waals surface area (Å²) in [6.07, 6.45) is 1.60. The highest BCUT2D eigenvalue weighted by Crippen LogP contribution is 2.29. The molecule has 0 saturated carbocycles. The smallest absolute Gasteiger partial charge is 0.137 e. The van der Waals surface area contributed by atoms with Crippen molar-refractivity contribution in [2.45, 2.75) is 31.9 Å². The molecule has 0 bridgehead atoms. The zero-order valence-corrected chi connectivity index (χ0v) is 9.94. The third-order valence-corrected chi connectivity index (χ3v) is 3.53. The van der Waals surface area contributed by atoms with Gasteiger partial charge in [-0.05, 0) is 37.9 Å². The van der Waals surface area contributed by atoms with Crippen molar-refractivity contribution in [1.29, 1.82) is 0 Å². The molecule has 2 aromatic rings. The Morgan fingerprint density at radius 3 is 3.06 bits per heavy atom. The number of benzene rings is 1. The van der Waals surface area contributed by atoms with Gasteiger partial charge in [0, 0.05) is 11.4 Å². The van der Waals surface area contributed by atoms with E-state index in [0.717, 1.165) is 35.9 Å². The van der Waals surface area contributed by atoms with E-state index in [4.69, 9.17) is 4.42 Å². The first kappa shape index (κ1) is 10.8. The molecule has 2 atom stereocenters. The summed E-state index contributed by atoms with van der Waals surface area (Å²) >= 11 is 0. The van der Waals surface area contributed by atoms with Crippen molar-refractivity contribution in [3.8, 4) is 0 Å². The second-order valence-corrected chi connectivity index (χ2v) is 4.79. The van der Waals surface area contributed by atoms with Crippen molar-refractivity contribution >= 4 is 11.0 Å². The van der Waals surface area contributed by atoms with Gasteiger partial charge < -0.3 is 14.8 Å². The second-order valence-electron chi connectivity index (χ2n) is 4.79. The Kier molecular flexibility index (Phi) is 2.65. The number of hydrogen-bond acceptors (Lipinski definition) is 3. The van der Waals surface area contributed by atoms with E-state index in [2.05, 4.69) is 5.32 Å². The van der Waals surface area contributed by atoms with Crippen LogP contribution in [0.5, 0.6) is 0 Å². The molecule has 90 valence electrons. The van der Waals surface area contributed by atoms with Crippen LogP contribution in [0.2, 0.25) is 0 Å². The van der Waals surface area contributed by atoms with Gasteiger partial charge in [0.25, 0.3) is 0 Å². The highest BCUT2D eigenvalue weighted by molar-refractivity contribution is 5.80. The summed E-state index contributed by atoms with van der Waals surface area (Å²) < 4.78 is 5.78. The Morgan fingerprint density at radius 1 is 1.47 bits per heavy atom. The van der Waals surface area contributed by atoms with Crippen LogP contribution >= 0.6 is 0 Å². The molecule has 17 heavy (non-hydrogen) atoms. The molecule has 1 aromatic heterocycles. The predicted octanol–water partition coefficient (Wildman–Crippen LogP) is 2.53. The summed E-state index contributed by atoms with van der Waals surface area (Å²) in [6, 6.07) is 8.14. The number of para-hydroxylation sites is 1. The van der Waals surface area contributed by atoms with Crippen LogP contribution in [0.3, 0.4) is 0 Å². The number of nitrogens with one attached hydrogen (secondary N) is 1. The van der Waals surface area contributed by atoms with Crippen LogP contribution in [-0.2, 0) is 0 Å². The van der Waals surface area contributed by atoms with Crippen LogP contribution in [-0.4, -0.2) is 17.7 Å². The van der Waals surface area contributed by atoms with Gasteiger partial charge in [-0.3, -0.25) is 0 Å². The lowest BCUT2D eigenvalue weighted by atomic mass is 10.1. The zero-order valence-electron chi connectivity index (χ0n) is 9.94. The molecule has 2 unspecified atom stereocenters. The van der Waals surface area contributed by atoms with Crippen molar-refractivity contribution in [3.63, 3.8) is 0 Å². The molecule has 0 aliphatic carbocycles. The first-order valence-corrected chi connectivity index (χ1v) is 6.16. The Hall–Kier alpha value is -1.32. The second kappa shape index (κ2) is 4.17.